The molecule has 0 heterocycles. The first-order valence-electron chi connectivity index (χ1n) is 11.3. The molecule has 0 aliphatic heterocycles. The summed E-state index contributed by atoms with van der Waals surface area (Å²) in [7, 11) is 5.43. The number of hydrogen-bond donors (Lipinski definition) is 1. The van der Waals surface area contributed by atoms with Gasteiger partial charge in [0.05, 0.1) is 14.2 Å². The van der Waals surface area contributed by atoms with Gasteiger partial charge in [0.25, 0.3) is 0 Å². The Morgan fingerprint density at radius 1 is 0.909 bits per heavy atom. The summed E-state index contributed by atoms with van der Waals surface area (Å²) in [6.45, 7) is 3.18. The molecule has 4 nitrogen and oxygen atoms in total. The number of phenols is 1. The van der Waals surface area contributed by atoms with Gasteiger partial charge >= 0.3 is 0 Å². The predicted molar refractivity (Wildman–Crippen MR) is 134 cm³/mol. The number of hydrogen-bond acceptors (Lipinski definition) is 4. The summed E-state index contributed by atoms with van der Waals surface area (Å²) in [5.74, 6) is 8.17. The largest absolute Gasteiger partial charge is 0.504 e. The smallest absolute Gasteiger partial charge is 0.160 e. The lowest BCUT2D eigenvalue weighted by molar-refractivity contribution is 0.249. The summed E-state index contributed by atoms with van der Waals surface area (Å²) in [6, 6.07) is 22.1. The van der Waals surface area contributed by atoms with E-state index in [9.17, 15) is 5.11 Å². The Labute approximate surface area is 197 Å². The second kappa shape index (κ2) is 12.0. The van der Waals surface area contributed by atoms with Gasteiger partial charge in [-0.3, -0.25) is 0 Å². The number of rotatable bonds is 9. The van der Waals surface area contributed by atoms with E-state index < -0.39 is 0 Å². The standard InChI is InChI=1S/C29H33NO3/c1-22(30(2)19-18-24-12-17-28(31)29(20-24)33-4)10-13-26-21-27(32-3)16-15-25(26)14-11-23-8-6-5-7-9-23/h5-9,12,15-17,20-22,31H,10,13,18-19H2,1-4H3. The van der Waals surface area contributed by atoms with Gasteiger partial charge in [0.15, 0.2) is 11.5 Å². The molecule has 33 heavy (non-hydrogen) atoms. The van der Waals surface area contributed by atoms with E-state index in [2.05, 4.69) is 42.8 Å². The Kier molecular flexibility index (Phi) is 8.80. The maximum absolute atomic E-state index is 9.79. The second-order valence-electron chi connectivity index (χ2n) is 8.26. The van der Waals surface area contributed by atoms with E-state index in [1.165, 1.54) is 5.56 Å². The highest BCUT2D eigenvalue weighted by atomic mass is 16.5. The summed E-state index contributed by atoms with van der Waals surface area (Å²) in [4.78, 5) is 2.37. The van der Waals surface area contributed by atoms with Crippen molar-refractivity contribution < 1.29 is 14.6 Å². The minimum Gasteiger partial charge on any atom is -0.504 e. The molecule has 0 saturated heterocycles. The van der Waals surface area contributed by atoms with Crippen molar-refractivity contribution in [3.8, 4) is 29.1 Å². The number of methoxy groups -OCH3 is 2. The van der Waals surface area contributed by atoms with Gasteiger partial charge in [-0.2, -0.15) is 0 Å². The van der Waals surface area contributed by atoms with Gasteiger partial charge in [0, 0.05) is 23.7 Å². The minimum absolute atomic E-state index is 0.174. The maximum atomic E-state index is 9.79. The van der Waals surface area contributed by atoms with Crippen LogP contribution < -0.4 is 9.47 Å². The third-order valence-corrected chi connectivity index (χ3v) is 6.01. The number of ether oxygens (including phenoxy) is 2. The number of aromatic hydroxyl groups is 1. The molecule has 0 radical (unpaired) electrons. The molecular weight excluding hydrogens is 410 g/mol. The summed E-state index contributed by atoms with van der Waals surface area (Å²) >= 11 is 0. The Morgan fingerprint density at radius 2 is 1.70 bits per heavy atom. The zero-order valence-electron chi connectivity index (χ0n) is 20.0. The summed E-state index contributed by atoms with van der Waals surface area (Å²) in [6.07, 6.45) is 2.83. The molecule has 0 spiro atoms. The monoisotopic (exact) mass is 443 g/mol. The molecule has 1 atom stereocenters. The molecule has 4 heteroatoms. The summed E-state index contributed by atoms with van der Waals surface area (Å²) in [5.41, 5.74) is 4.42. The summed E-state index contributed by atoms with van der Waals surface area (Å²) < 4.78 is 10.7. The van der Waals surface area contributed by atoms with E-state index in [4.69, 9.17) is 9.47 Å². The SMILES string of the molecule is COc1ccc(C#Cc2ccccc2)c(CCC(C)N(C)CCc2ccc(O)c(OC)c2)c1. The van der Waals surface area contributed by atoms with Gasteiger partial charge in [0.1, 0.15) is 5.75 Å². The van der Waals surface area contributed by atoms with Crippen LogP contribution >= 0.6 is 0 Å². The zero-order valence-corrected chi connectivity index (χ0v) is 20.0. The molecule has 0 aliphatic rings. The molecule has 0 fully saturated rings. The topological polar surface area (TPSA) is 41.9 Å². The third kappa shape index (κ3) is 7.03. The normalized spacial score (nSPS) is 11.5. The van der Waals surface area contributed by atoms with Crippen LogP contribution in [0.2, 0.25) is 0 Å². The van der Waals surface area contributed by atoms with Gasteiger partial charge in [-0.15, -0.1) is 0 Å². The van der Waals surface area contributed by atoms with E-state index in [1.54, 1.807) is 20.3 Å². The lowest BCUT2D eigenvalue weighted by Gasteiger charge is -2.25. The van der Waals surface area contributed by atoms with Gasteiger partial charge in [0.2, 0.25) is 0 Å². The van der Waals surface area contributed by atoms with Crippen molar-refractivity contribution in [2.75, 3.05) is 27.8 Å². The number of benzene rings is 3. The van der Waals surface area contributed by atoms with E-state index in [-0.39, 0.29) is 5.75 Å². The second-order valence-corrected chi connectivity index (χ2v) is 8.26. The lowest BCUT2D eigenvalue weighted by atomic mass is 9.99. The zero-order chi connectivity index (χ0) is 23.6. The number of aryl methyl sites for hydroxylation is 1. The van der Waals surface area contributed by atoms with Crippen LogP contribution in [0.15, 0.2) is 66.7 Å². The molecule has 3 rings (SSSR count). The number of phenolic OH excluding ortho intramolecular Hbond substituents is 1. The van der Waals surface area contributed by atoms with Crippen molar-refractivity contribution in [1.82, 2.24) is 4.90 Å². The van der Waals surface area contributed by atoms with Crippen LogP contribution in [0.1, 0.15) is 35.6 Å². The average Bonchev–Trinajstić information content (AvgIpc) is 2.86. The van der Waals surface area contributed by atoms with E-state index in [1.807, 2.05) is 48.5 Å². The Balaban J connectivity index is 1.62. The highest BCUT2D eigenvalue weighted by Gasteiger charge is 2.12. The molecule has 1 N–H and O–H groups in total. The molecule has 0 amide bonds. The quantitative estimate of drug-likeness (QED) is 0.456. The third-order valence-electron chi connectivity index (χ3n) is 6.01. The molecule has 3 aromatic rings. The Hall–Kier alpha value is -3.42. The fourth-order valence-corrected chi connectivity index (χ4v) is 3.67. The Bertz CT molecular complexity index is 1100. The van der Waals surface area contributed by atoms with Crippen LogP contribution in [0.25, 0.3) is 0 Å². The van der Waals surface area contributed by atoms with Crippen molar-refractivity contribution in [3.63, 3.8) is 0 Å². The summed E-state index contributed by atoms with van der Waals surface area (Å²) in [5, 5.41) is 9.79. The van der Waals surface area contributed by atoms with Crippen LogP contribution in [0.4, 0.5) is 0 Å². The molecule has 0 aromatic heterocycles. The van der Waals surface area contributed by atoms with Gasteiger partial charge in [-0.25, -0.2) is 0 Å². The number of nitrogens with zero attached hydrogens (tertiary/aromatic N) is 1. The van der Waals surface area contributed by atoms with Crippen molar-refractivity contribution >= 4 is 0 Å². The minimum atomic E-state index is 0.174. The highest BCUT2D eigenvalue weighted by molar-refractivity contribution is 5.49. The molecule has 172 valence electrons. The van der Waals surface area contributed by atoms with Crippen LogP contribution in [0.5, 0.6) is 17.2 Å². The average molecular weight is 444 g/mol. The lowest BCUT2D eigenvalue weighted by Crippen LogP contribution is -2.31. The molecule has 0 aliphatic carbocycles. The fourth-order valence-electron chi connectivity index (χ4n) is 3.67. The van der Waals surface area contributed by atoms with Crippen LogP contribution in [-0.2, 0) is 12.8 Å². The highest BCUT2D eigenvalue weighted by Crippen LogP contribution is 2.26. The number of likely N-dealkylation sites (N-methyl/N-ethyl adjacent to an activating group) is 1. The van der Waals surface area contributed by atoms with E-state index >= 15 is 0 Å². The first kappa shape index (κ1) is 24.2. The molecule has 1 unspecified atom stereocenters. The van der Waals surface area contributed by atoms with Gasteiger partial charge in [-0.1, -0.05) is 36.1 Å². The van der Waals surface area contributed by atoms with Crippen LogP contribution in [0, 0.1) is 11.8 Å². The fraction of sp³-hybridized carbons (Fsp3) is 0.310. The first-order chi connectivity index (χ1) is 16.0. The first-order valence-corrected chi connectivity index (χ1v) is 11.3. The van der Waals surface area contributed by atoms with Gasteiger partial charge < -0.3 is 19.5 Å². The van der Waals surface area contributed by atoms with Crippen LogP contribution in [-0.4, -0.2) is 43.9 Å². The van der Waals surface area contributed by atoms with E-state index in [0.717, 1.165) is 48.2 Å². The molecule has 3 aromatic carbocycles. The van der Waals surface area contributed by atoms with Crippen LogP contribution in [0.3, 0.4) is 0 Å². The Morgan fingerprint density at radius 3 is 2.42 bits per heavy atom. The van der Waals surface area contributed by atoms with E-state index in [0.29, 0.717) is 11.8 Å². The molecular formula is C29H33NO3. The predicted octanol–water partition coefficient (Wildman–Crippen LogP) is 5.30. The maximum Gasteiger partial charge on any atom is 0.160 e. The van der Waals surface area contributed by atoms with Crippen molar-refractivity contribution in [2.45, 2.75) is 32.2 Å². The van der Waals surface area contributed by atoms with Crippen molar-refractivity contribution in [2.24, 2.45) is 0 Å². The molecule has 0 bridgehead atoms. The van der Waals surface area contributed by atoms with Gasteiger partial charge in [-0.05, 0) is 86.8 Å². The van der Waals surface area contributed by atoms with Crippen molar-refractivity contribution in [3.05, 3.63) is 89.0 Å². The molecule has 0 saturated carbocycles. The van der Waals surface area contributed by atoms with Crippen molar-refractivity contribution in [1.29, 1.82) is 0 Å².